The van der Waals surface area contributed by atoms with Gasteiger partial charge in [0, 0.05) is 4.88 Å². The lowest BCUT2D eigenvalue weighted by Crippen LogP contribution is -2.21. The highest BCUT2D eigenvalue weighted by Gasteiger charge is 2.22. The van der Waals surface area contributed by atoms with Crippen LogP contribution in [0.15, 0.2) is 0 Å². The Morgan fingerprint density at radius 3 is 2.50 bits per heavy atom. The van der Waals surface area contributed by atoms with Gasteiger partial charge in [-0.1, -0.05) is 0 Å². The van der Waals surface area contributed by atoms with Crippen LogP contribution in [0.4, 0.5) is 5.00 Å². The van der Waals surface area contributed by atoms with Crippen LogP contribution in [0, 0.1) is 13.8 Å². The number of thiophene rings is 1. The molecule has 1 aromatic rings. The van der Waals surface area contributed by atoms with Gasteiger partial charge in [0.1, 0.15) is 11.6 Å². The molecule has 5 nitrogen and oxygen atoms in total. The molecule has 6 heteroatoms. The van der Waals surface area contributed by atoms with Crippen LogP contribution < -0.4 is 5.32 Å². The van der Waals surface area contributed by atoms with Crippen LogP contribution >= 0.6 is 11.3 Å². The number of hydrogen-bond acceptors (Lipinski definition) is 5. The first kappa shape index (κ1) is 16.7. The number of rotatable bonds is 6. The number of esters is 1. The number of aryl methyl sites for hydroxylation is 1. The molecule has 1 amide bonds. The third-order valence-corrected chi connectivity index (χ3v) is 3.79. The van der Waals surface area contributed by atoms with Gasteiger partial charge in [-0.15, -0.1) is 11.3 Å². The zero-order valence-corrected chi connectivity index (χ0v) is 13.3. The number of ether oxygens (including phenoxy) is 2. The maximum absolute atomic E-state index is 11.9. The van der Waals surface area contributed by atoms with E-state index >= 15 is 0 Å². The van der Waals surface area contributed by atoms with Gasteiger partial charge in [-0.05, 0) is 40.2 Å². The number of carbonyl (C=O) groups is 2. The average Bonchev–Trinajstić information content (AvgIpc) is 2.62. The van der Waals surface area contributed by atoms with E-state index in [1.165, 1.54) is 11.3 Å². The van der Waals surface area contributed by atoms with E-state index in [0.29, 0.717) is 17.2 Å². The Bertz CT molecular complexity index is 494. The van der Waals surface area contributed by atoms with E-state index in [2.05, 4.69) is 5.32 Å². The summed E-state index contributed by atoms with van der Waals surface area (Å²) < 4.78 is 10.3. The monoisotopic (exact) mass is 299 g/mol. The maximum atomic E-state index is 11.9. The lowest BCUT2D eigenvalue weighted by atomic mass is 10.1. The second kappa shape index (κ2) is 7.40. The van der Waals surface area contributed by atoms with Crippen molar-refractivity contribution in [2.75, 3.05) is 18.5 Å². The van der Waals surface area contributed by atoms with E-state index in [4.69, 9.17) is 9.47 Å². The molecule has 0 fully saturated rings. The summed E-state index contributed by atoms with van der Waals surface area (Å²) >= 11 is 1.37. The highest BCUT2D eigenvalue weighted by molar-refractivity contribution is 7.16. The molecule has 112 valence electrons. The van der Waals surface area contributed by atoms with E-state index in [-0.39, 0.29) is 18.6 Å². The molecule has 0 aromatic carbocycles. The molecule has 0 radical (unpaired) electrons. The fraction of sp³-hybridized carbons (Fsp3) is 0.571. The highest BCUT2D eigenvalue weighted by Crippen LogP contribution is 2.32. The van der Waals surface area contributed by atoms with Crippen molar-refractivity contribution in [1.82, 2.24) is 0 Å². The number of amides is 1. The van der Waals surface area contributed by atoms with Crippen molar-refractivity contribution in [3.05, 3.63) is 16.0 Å². The van der Waals surface area contributed by atoms with Gasteiger partial charge in [0.05, 0.1) is 18.3 Å². The Morgan fingerprint density at radius 2 is 1.95 bits per heavy atom. The topological polar surface area (TPSA) is 64.6 Å². The van der Waals surface area contributed by atoms with Gasteiger partial charge in [0.25, 0.3) is 5.91 Å². The van der Waals surface area contributed by atoms with Gasteiger partial charge in [0.15, 0.2) is 0 Å². The fourth-order valence-electron chi connectivity index (χ4n) is 1.57. The minimum atomic E-state index is -0.408. The predicted octanol–water partition coefficient (Wildman–Crippen LogP) is 2.91. The first-order valence-electron chi connectivity index (χ1n) is 6.55. The molecule has 0 unspecified atom stereocenters. The first-order chi connectivity index (χ1) is 9.36. The Morgan fingerprint density at radius 1 is 1.30 bits per heavy atom. The molecular weight excluding hydrogens is 278 g/mol. The molecule has 1 heterocycles. The fourth-order valence-corrected chi connectivity index (χ4v) is 2.63. The summed E-state index contributed by atoms with van der Waals surface area (Å²) in [7, 11) is 0. The molecule has 0 aliphatic heterocycles. The molecule has 0 saturated heterocycles. The van der Waals surface area contributed by atoms with Crippen LogP contribution in [0.1, 0.15) is 41.6 Å². The van der Waals surface area contributed by atoms with Crippen molar-refractivity contribution in [3.8, 4) is 0 Å². The number of anilines is 1. The van der Waals surface area contributed by atoms with E-state index < -0.39 is 5.97 Å². The van der Waals surface area contributed by atoms with Gasteiger partial charge in [-0.3, -0.25) is 4.79 Å². The molecule has 20 heavy (non-hydrogen) atoms. The normalized spacial score (nSPS) is 10.7. The van der Waals surface area contributed by atoms with Crippen LogP contribution in [0.5, 0.6) is 0 Å². The summed E-state index contributed by atoms with van der Waals surface area (Å²) in [6, 6.07) is 0. The summed E-state index contributed by atoms with van der Waals surface area (Å²) in [4.78, 5) is 24.7. The Labute approximate surface area is 123 Å². The molecule has 1 N–H and O–H groups in total. The van der Waals surface area contributed by atoms with Crippen molar-refractivity contribution in [3.63, 3.8) is 0 Å². The molecule has 0 spiro atoms. The molecule has 0 aliphatic rings. The smallest absolute Gasteiger partial charge is 0.341 e. The zero-order valence-electron chi connectivity index (χ0n) is 12.5. The van der Waals surface area contributed by atoms with Crippen LogP contribution in [0.2, 0.25) is 0 Å². The summed E-state index contributed by atoms with van der Waals surface area (Å²) in [5.74, 6) is -0.681. The van der Waals surface area contributed by atoms with Crippen LogP contribution in [-0.2, 0) is 14.3 Å². The Balaban J connectivity index is 2.87. The van der Waals surface area contributed by atoms with Crippen LogP contribution in [0.3, 0.4) is 0 Å². The van der Waals surface area contributed by atoms with E-state index in [0.717, 1.165) is 10.4 Å². The van der Waals surface area contributed by atoms with Gasteiger partial charge in [0.2, 0.25) is 0 Å². The molecule has 0 atom stereocenters. The van der Waals surface area contributed by atoms with Crippen LogP contribution in [-0.4, -0.2) is 31.2 Å². The first-order valence-corrected chi connectivity index (χ1v) is 7.37. The number of nitrogens with one attached hydrogen (secondary N) is 1. The van der Waals surface area contributed by atoms with Crippen molar-refractivity contribution in [1.29, 1.82) is 0 Å². The van der Waals surface area contributed by atoms with Gasteiger partial charge in [-0.2, -0.15) is 0 Å². The van der Waals surface area contributed by atoms with E-state index in [9.17, 15) is 9.59 Å². The highest BCUT2D eigenvalue weighted by atomic mass is 32.1. The standard InChI is InChI=1S/C14H21NO4S/c1-6-18-14(17)12-9(4)10(5)20-13(12)15-11(16)7-19-8(2)3/h8H,6-7H2,1-5H3,(H,15,16). The lowest BCUT2D eigenvalue weighted by Gasteiger charge is -2.09. The zero-order chi connectivity index (χ0) is 15.3. The third-order valence-electron chi connectivity index (χ3n) is 2.67. The predicted molar refractivity (Wildman–Crippen MR) is 79.5 cm³/mol. The minimum Gasteiger partial charge on any atom is -0.462 e. The number of hydrogen-bond donors (Lipinski definition) is 1. The summed E-state index contributed by atoms with van der Waals surface area (Å²) in [6.45, 7) is 9.49. The molecule has 0 saturated carbocycles. The third kappa shape index (κ3) is 4.31. The van der Waals surface area contributed by atoms with E-state index in [1.807, 2.05) is 27.7 Å². The second-order valence-electron chi connectivity index (χ2n) is 4.62. The van der Waals surface area contributed by atoms with Gasteiger partial charge in [-0.25, -0.2) is 4.79 Å². The van der Waals surface area contributed by atoms with Crippen molar-refractivity contribution >= 4 is 28.2 Å². The van der Waals surface area contributed by atoms with Gasteiger partial charge < -0.3 is 14.8 Å². The minimum absolute atomic E-state index is 0.0166. The molecular formula is C14H21NO4S. The number of carbonyl (C=O) groups excluding carboxylic acids is 2. The molecule has 0 aliphatic carbocycles. The lowest BCUT2D eigenvalue weighted by molar-refractivity contribution is -0.121. The summed E-state index contributed by atoms with van der Waals surface area (Å²) in [5.41, 5.74) is 1.28. The Kier molecular flexibility index (Phi) is 6.16. The summed E-state index contributed by atoms with van der Waals surface area (Å²) in [5, 5.41) is 3.24. The Hall–Kier alpha value is -1.40. The second-order valence-corrected chi connectivity index (χ2v) is 5.84. The van der Waals surface area contributed by atoms with Crippen molar-refractivity contribution in [2.45, 2.75) is 40.7 Å². The SMILES string of the molecule is CCOC(=O)c1c(NC(=O)COC(C)C)sc(C)c1C. The van der Waals surface area contributed by atoms with Gasteiger partial charge >= 0.3 is 5.97 Å². The van der Waals surface area contributed by atoms with Crippen molar-refractivity contribution in [2.24, 2.45) is 0 Å². The molecule has 0 bridgehead atoms. The molecule has 1 rings (SSSR count). The van der Waals surface area contributed by atoms with Crippen LogP contribution in [0.25, 0.3) is 0 Å². The average molecular weight is 299 g/mol. The summed E-state index contributed by atoms with van der Waals surface area (Å²) in [6.07, 6.45) is -0.0166. The van der Waals surface area contributed by atoms with Crippen molar-refractivity contribution < 1.29 is 19.1 Å². The quantitative estimate of drug-likeness (QED) is 0.820. The van der Waals surface area contributed by atoms with E-state index in [1.54, 1.807) is 6.92 Å². The largest absolute Gasteiger partial charge is 0.462 e. The molecule has 1 aromatic heterocycles. The maximum Gasteiger partial charge on any atom is 0.341 e.